The van der Waals surface area contributed by atoms with Crippen molar-refractivity contribution in [3.63, 3.8) is 0 Å². The molecule has 1 atom stereocenters. The van der Waals surface area contributed by atoms with E-state index in [4.69, 9.17) is 5.73 Å². The van der Waals surface area contributed by atoms with Crippen molar-refractivity contribution in [3.8, 4) is 0 Å². The maximum atomic E-state index is 13.3. The number of likely N-dealkylation sites (N-methyl/N-ethyl adjacent to an activating group) is 1. The van der Waals surface area contributed by atoms with Gasteiger partial charge in [0.15, 0.2) is 0 Å². The largest absolute Gasteiger partial charge is 0.323 e. The van der Waals surface area contributed by atoms with E-state index in [2.05, 4.69) is 6.58 Å². The highest BCUT2D eigenvalue weighted by Gasteiger charge is 2.24. The number of hydrogen-bond acceptors (Lipinski definition) is 3. The lowest BCUT2D eigenvalue weighted by atomic mass is 10.0. The summed E-state index contributed by atoms with van der Waals surface area (Å²) in [7, 11) is -2.74. The summed E-state index contributed by atoms with van der Waals surface area (Å²) in [4.78, 5) is -0.449. The first kappa shape index (κ1) is 19.2. The zero-order valence-corrected chi connectivity index (χ0v) is 14.9. The van der Waals surface area contributed by atoms with Crippen LogP contribution in [0.25, 0.3) is 5.57 Å². The Morgan fingerprint density at radius 1 is 1.20 bits per heavy atom. The molecule has 0 aliphatic carbocycles. The molecule has 0 spiro atoms. The molecule has 134 valence electrons. The van der Waals surface area contributed by atoms with E-state index in [1.165, 1.54) is 7.05 Å². The van der Waals surface area contributed by atoms with E-state index in [1.54, 1.807) is 6.07 Å². The van der Waals surface area contributed by atoms with Crippen molar-refractivity contribution in [1.82, 2.24) is 4.31 Å². The third-order valence-corrected chi connectivity index (χ3v) is 5.61. The highest BCUT2D eigenvalue weighted by atomic mass is 32.2. The molecule has 25 heavy (non-hydrogen) atoms. The molecule has 4 nitrogen and oxygen atoms in total. The number of nitrogens with two attached hydrogens (primary N) is 1. The standard InChI is InChI=1S/C18H20F2N2O2S/c1-12(2)13-5-4-6-14(7-13)18(21)11-22(3)25(23,24)17-9-15(19)8-16(20)10-17/h4-10,18H,1,11,21H2,2-3H3/t18-/m0/s1. The van der Waals surface area contributed by atoms with Crippen molar-refractivity contribution in [2.75, 3.05) is 13.6 Å². The fourth-order valence-corrected chi connectivity index (χ4v) is 3.61. The molecule has 0 aromatic heterocycles. The van der Waals surface area contributed by atoms with Crippen molar-refractivity contribution in [2.45, 2.75) is 17.9 Å². The summed E-state index contributed by atoms with van der Waals surface area (Å²) >= 11 is 0. The van der Waals surface area contributed by atoms with E-state index in [9.17, 15) is 17.2 Å². The molecular formula is C18H20F2N2O2S. The highest BCUT2D eigenvalue weighted by Crippen LogP contribution is 2.22. The van der Waals surface area contributed by atoms with Crippen LogP contribution in [0.4, 0.5) is 8.78 Å². The molecule has 0 amide bonds. The zero-order chi connectivity index (χ0) is 18.8. The van der Waals surface area contributed by atoms with Crippen LogP contribution in [-0.4, -0.2) is 26.3 Å². The summed E-state index contributed by atoms with van der Waals surface area (Å²) in [5, 5.41) is 0. The number of rotatable bonds is 6. The van der Waals surface area contributed by atoms with Gasteiger partial charge in [0.1, 0.15) is 11.6 Å². The fraction of sp³-hybridized carbons (Fsp3) is 0.222. The number of hydrogen-bond donors (Lipinski definition) is 1. The van der Waals surface area contributed by atoms with Gasteiger partial charge in [0, 0.05) is 25.7 Å². The van der Waals surface area contributed by atoms with E-state index in [0.717, 1.165) is 33.1 Å². The monoisotopic (exact) mass is 366 g/mol. The SMILES string of the molecule is C=C(C)c1cccc([C@@H](N)CN(C)S(=O)(=O)c2cc(F)cc(F)c2)c1. The second kappa shape index (κ2) is 7.43. The van der Waals surface area contributed by atoms with Gasteiger partial charge in [0.2, 0.25) is 10.0 Å². The number of sulfonamides is 1. The maximum Gasteiger partial charge on any atom is 0.243 e. The lowest BCUT2D eigenvalue weighted by molar-refractivity contribution is 0.438. The molecular weight excluding hydrogens is 346 g/mol. The van der Waals surface area contributed by atoms with Crippen LogP contribution in [0.15, 0.2) is 53.9 Å². The van der Waals surface area contributed by atoms with Crippen molar-refractivity contribution >= 4 is 15.6 Å². The third kappa shape index (κ3) is 4.50. The lowest BCUT2D eigenvalue weighted by Crippen LogP contribution is -2.34. The van der Waals surface area contributed by atoms with Gasteiger partial charge in [-0.2, -0.15) is 4.31 Å². The Hall–Kier alpha value is -2.09. The first-order valence-corrected chi connectivity index (χ1v) is 8.99. The fourth-order valence-electron chi connectivity index (χ4n) is 2.37. The molecule has 0 aliphatic rings. The van der Waals surface area contributed by atoms with Crippen molar-refractivity contribution in [3.05, 3.63) is 71.8 Å². The molecule has 0 bridgehead atoms. The van der Waals surface area contributed by atoms with Gasteiger partial charge >= 0.3 is 0 Å². The molecule has 2 rings (SSSR count). The van der Waals surface area contributed by atoms with Gasteiger partial charge in [-0.05, 0) is 36.2 Å². The van der Waals surface area contributed by atoms with Crippen LogP contribution >= 0.6 is 0 Å². The van der Waals surface area contributed by atoms with Crippen molar-refractivity contribution in [2.24, 2.45) is 5.73 Å². The molecule has 7 heteroatoms. The van der Waals surface area contributed by atoms with Gasteiger partial charge in [-0.1, -0.05) is 30.4 Å². The molecule has 0 saturated carbocycles. The molecule has 2 aromatic carbocycles. The molecule has 0 saturated heterocycles. The average Bonchev–Trinajstić information content (AvgIpc) is 2.53. The minimum absolute atomic E-state index is 0.0416. The molecule has 2 N–H and O–H groups in total. The van der Waals surface area contributed by atoms with Crippen LogP contribution in [0.3, 0.4) is 0 Å². The molecule has 2 aromatic rings. The van der Waals surface area contributed by atoms with Gasteiger partial charge in [0.05, 0.1) is 4.90 Å². The van der Waals surface area contributed by atoms with Crippen LogP contribution in [0.1, 0.15) is 24.1 Å². The number of nitrogens with zero attached hydrogens (tertiary/aromatic N) is 1. The van der Waals surface area contributed by atoms with E-state index < -0.39 is 32.6 Å². The van der Waals surface area contributed by atoms with Crippen LogP contribution in [-0.2, 0) is 10.0 Å². The lowest BCUT2D eigenvalue weighted by Gasteiger charge is -2.22. The normalized spacial score (nSPS) is 13.0. The van der Waals surface area contributed by atoms with Gasteiger partial charge in [0.25, 0.3) is 0 Å². The Morgan fingerprint density at radius 3 is 2.36 bits per heavy atom. The van der Waals surface area contributed by atoms with Crippen molar-refractivity contribution < 1.29 is 17.2 Å². The molecule has 0 fully saturated rings. The van der Waals surface area contributed by atoms with Crippen LogP contribution in [0, 0.1) is 11.6 Å². The summed E-state index contributed by atoms with van der Waals surface area (Å²) in [6.45, 7) is 5.68. The van der Waals surface area contributed by atoms with Crippen LogP contribution in [0.2, 0.25) is 0 Å². The van der Waals surface area contributed by atoms with E-state index in [0.29, 0.717) is 6.07 Å². The molecule has 0 unspecified atom stereocenters. The summed E-state index contributed by atoms with van der Waals surface area (Å²) in [5.74, 6) is -1.91. The first-order chi connectivity index (χ1) is 11.6. The van der Waals surface area contributed by atoms with Gasteiger partial charge in [-0.15, -0.1) is 0 Å². The second-order valence-electron chi connectivity index (χ2n) is 5.90. The Labute approximate surface area is 146 Å². The predicted molar refractivity (Wildman–Crippen MR) is 94.3 cm³/mol. The van der Waals surface area contributed by atoms with E-state index in [1.807, 2.05) is 25.1 Å². The quantitative estimate of drug-likeness (QED) is 0.853. The second-order valence-corrected chi connectivity index (χ2v) is 7.95. The number of allylic oxidation sites excluding steroid dienone is 1. The Kier molecular flexibility index (Phi) is 5.72. The van der Waals surface area contributed by atoms with E-state index >= 15 is 0 Å². The summed E-state index contributed by atoms with van der Waals surface area (Å²) in [5.41, 5.74) is 8.63. The molecule has 0 radical (unpaired) electrons. The molecule has 0 heterocycles. The third-order valence-electron chi connectivity index (χ3n) is 3.81. The number of halogens is 2. The zero-order valence-electron chi connectivity index (χ0n) is 14.0. The first-order valence-electron chi connectivity index (χ1n) is 7.55. The maximum absolute atomic E-state index is 13.3. The van der Waals surface area contributed by atoms with Crippen LogP contribution < -0.4 is 5.73 Å². The topological polar surface area (TPSA) is 63.4 Å². The minimum Gasteiger partial charge on any atom is -0.323 e. The highest BCUT2D eigenvalue weighted by molar-refractivity contribution is 7.89. The Bertz CT molecular complexity index is 877. The summed E-state index contributed by atoms with van der Waals surface area (Å²) in [6.07, 6.45) is 0. The summed E-state index contributed by atoms with van der Waals surface area (Å²) in [6, 6.07) is 8.91. The average molecular weight is 366 g/mol. The Morgan fingerprint density at radius 2 is 1.80 bits per heavy atom. The van der Waals surface area contributed by atoms with Crippen molar-refractivity contribution in [1.29, 1.82) is 0 Å². The van der Waals surface area contributed by atoms with Gasteiger partial charge < -0.3 is 5.73 Å². The predicted octanol–water partition coefficient (Wildman–Crippen LogP) is 3.32. The van der Waals surface area contributed by atoms with Gasteiger partial charge in [-0.3, -0.25) is 0 Å². The Balaban J connectivity index is 2.24. The smallest absolute Gasteiger partial charge is 0.243 e. The van der Waals surface area contributed by atoms with Gasteiger partial charge in [-0.25, -0.2) is 17.2 Å². The van der Waals surface area contributed by atoms with Crippen LogP contribution in [0.5, 0.6) is 0 Å². The van der Waals surface area contributed by atoms with E-state index in [-0.39, 0.29) is 6.54 Å². The summed E-state index contributed by atoms with van der Waals surface area (Å²) < 4.78 is 52.6. The molecule has 0 aliphatic heterocycles. The number of benzene rings is 2. The minimum atomic E-state index is -4.06.